The molecule has 0 spiro atoms. The number of thiol groups is 1. The molecule has 172 valence electrons. The highest BCUT2D eigenvalue weighted by Crippen LogP contribution is 2.30. The fourth-order valence-corrected chi connectivity index (χ4v) is 2.98. The number of nitrogens with zero attached hydrogens (tertiary/aromatic N) is 1. The Labute approximate surface area is 190 Å². The van der Waals surface area contributed by atoms with Crippen LogP contribution in [0.1, 0.15) is 21.5 Å². The lowest BCUT2D eigenvalue weighted by Crippen LogP contribution is -2.33. The van der Waals surface area contributed by atoms with Crippen LogP contribution in [-0.2, 0) is 12.7 Å². The molecule has 3 aromatic carbocycles. The lowest BCUT2D eigenvalue weighted by atomic mass is 10.1. The zero-order valence-electron chi connectivity index (χ0n) is 16.7. The van der Waals surface area contributed by atoms with E-state index in [1.54, 1.807) is 0 Å². The van der Waals surface area contributed by atoms with Crippen molar-refractivity contribution >= 4 is 36.1 Å². The van der Waals surface area contributed by atoms with E-state index in [2.05, 4.69) is 23.4 Å². The van der Waals surface area contributed by atoms with E-state index in [1.807, 2.05) is 0 Å². The maximum atomic E-state index is 13.8. The normalized spacial score (nSPS) is 11.1. The van der Waals surface area contributed by atoms with Crippen LogP contribution in [0, 0.1) is 11.6 Å². The first-order chi connectivity index (χ1) is 15.6. The smallest absolute Gasteiger partial charge is 0.333 e. The standard InChI is InChI=1S/C22H16F5N3O2S/c23-18-10-5-14(22(25,26)27)11-13(18)12-28-21(32)30(33)16-8-6-15(7-9-16)29-20(31)17-3-1-2-4-19(17)24/h1-11,33H,12H2,(H,28,32)(H,29,31). The van der Waals surface area contributed by atoms with E-state index >= 15 is 0 Å². The number of hydrogen-bond donors (Lipinski definition) is 3. The van der Waals surface area contributed by atoms with Crippen LogP contribution in [0.15, 0.2) is 66.7 Å². The van der Waals surface area contributed by atoms with Gasteiger partial charge in [-0.15, -0.1) is 0 Å². The van der Waals surface area contributed by atoms with E-state index in [0.29, 0.717) is 23.9 Å². The Balaban J connectivity index is 1.62. The molecule has 0 aliphatic rings. The summed E-state index contributed by atoms with van der Waals surface area (Å²) >= 11 is 4.04. The van der Waals surface area contributed by atoms with E-state index in [9.17, 15) is 31.5 Å². The number of carbonyl (C=O) groups excluding carboxylic acids is 2. The number of amides is 3. The zero-order chi connectivity index (χ0) is 24.2. The van der Waals surface area contributed by atoms with Crippen LogP contribution in [0.2, 0.25) is 0 Å². The van der Waals surface area contributed by atoms with Crippen LogP contribution in [0.4, 0.5) is 38.1 Å². The maximum Gasteiger partial charge on any atom is 0.416 e. The van der Waals surface area contributed by atoms with Crippen LogP contribution in [0.5, 0.6) is 0 Å². The molecule has 33 heavy (non-hydrogen) atoms. The first-order valence-corrected chi connectivity index (χ1v) is 9.74. The summed E-state index contributed by atoms with van der Waals surface area (Å²) in [4.78, 5) is 24.4. The molecular formula is C22H16F5N3O2S. The monoisotopic (exact) mass is 481 g/mol. The molecule has 5 nitrogen and oxygen atoms in total. The highest BCUT2D eigenvalue weighted by molar-refractivity contribution is 7.82. The molecular weight excluding hydrogens is 465 g/mol. The fraction of sp³-hybridized carbons (Fsp3) is 0.0909. The Morgan fingerprint density at radius 3 is 2.21 bits per heavy atom. The van der Waals surface area contributed by atoms with E-state index in [1.165, 1.54) is 42.5 Å². The van der Waals surface area contributed by atoms with Gasteiger partial charge in [0, 0.05) is 17.8 Å². The van der Waals surface area contributed by atoms with Gasteiger partial charge in [0.05, 0.1) is 16.8 Å². The van der Waals surface area contributed by atoms with Crippen LogP contribution in [-0.4, -0.2) is 11.9 Å². The number of nitrogens with one attached hydrogen (secondary N) is 2. The van der Waals surface area contributed by atoms with Gasteiger partial charge in [-0.1, -0.05) is 24.9 Å². The van der Waals surface area contributed by atoms with Gasteiger partial charge in [-0.2, -0.15) is 13.2 Å². The van der Waals surface area contributed by atoms with Crippen molar-refractivity contribution < 1.29 is 31.5 Å². The van der Waals surface area contributed by atoms with Crippen molar-refractivity contribution in [1.82, 2.24) is 5.32 Å². The minimum atomic E-state index is -4.65. The first kappa shape index (κ1) is 24.1. The second-order valence-electron chi connectivity index (χ2n) is 6.76. The molecule has 0 saturated heterocycles. The van der Waals surface area contributed by atoms with Gasteiger partial charge in [-0.25, -0.2) is 17.9 Å². The largest absolute Gasteiger partial charge is 0.416 e. The molecule has 0 saturated carbocycles. The zero-order valence-corrected chi connectivity index (χ0v) is 17.6. The van der Waals surface area contributed by atoms with Crippen molar-refractivity contribution in [3.63, 3.8) is 0 Å². The van der Waals surface area contributed by atoms with E-state index in [4.69, 9.17) is 0 Å². The van der Waals surface area contributed by atoms with Crippen molar-refractivity contribution in [2.75, 3.05) is 9.62 Å². The summed E-state index contributed by atoms with van der Waals surface area (Å²) < 4.78 is 66.8. The highest BCUT2D eigenvalue weighted by atomic mass is 32.1. The van der Waals surface area contributed by atoms with Gasteiger partial charge < -0.3 is 10.6 Å². The molecule has 0 aliphatic carbocycles. The maximum absolute atomic E-state index is 13.8. The van der Waals surface area contributed by atoms with Crippen LogP contribution < -0.4 is 14.9 Å². The number of rotatable bonds is 5. The topological polar surface area (TPSA) is 61.4 Å². The molecule has 0 fully saturated rings. The Hall–Kier alpha value is -3.60. The predicted octanol–water partition coefficient (Wildman–Crippen LogP) is 5.80. The van der Waals surface area contributed by atoms with Gasteiger partial charge in [0.1, 0.15) is 11.6 Å². The van der Waals surface area contributed by atoms with Crippen molar-refractivity contribution in [2.24, 2.45) is 0 Å². The Morgan fingerprint density at radius 2 is 1.58 bits per heavy atom. The number of benzene rings is 3. The molecule has 3 aromatic rings. The summed E-state index contributed by atoms with van der Waals surface area (Å²) in [5.74, 6) is -2.24. The van der Waals surface area contributed by atoms with E-state index in [-0.39, 0.29) is 16.8 Å². The van der Waals surface area contributed by atoms with E-state index in [0.717, 1.165) is 10.4 Å². The number of urea groups is 1. The van der Waals surface area contributed by atoms with Crippen LogP contribution in [0.25, 0.3) is 0 Å². The van der Waals surface area contributed by atoms with Gasteiger partial charge >= 0.3 is 12.2 Å². The Bertz CT molecular complexity index is 1170. The minimum Gasteiger partial charge on any atom is -0.333 e. The molecule has 3 rings (SSSR count). The van der Waals surface area contributed by atoms with Crippen molar-refractivity contribution in [1.29, 1.82) is 0 Å². The van der Waals surface area contributed by atoms with Gasteiger partial charge in [0.25, 0.3) is 5.91 Å². The van der Waals surface area contributed by atoms with Gasteiger partial charge in [0.15, 0.2) is 0 Å². The van der Waals surface area contributed by atoms with Gasteiger partial charge in [-0.05, 0) is 54.6 Å². The number of hydrogen-bond acceptors (Lipinski definition) is 3. The fourth-order valence-electron chi connectivity index (χ4n) is 2.78. The summed E-state index contributed by atoms with van der Waals surface area (Å²) in [7, 11) is 0. The molecule has 0 aromatic heterocycles. The molecule has 0 atom stereocenters. The van der Waals surface area contributed by atoms with Crippen LogP contribution >= 0.6 is 12.8 Å². The lowest BCUT2D eigenvalue weighted by molar-refractivity contribution is -0.137. The van der Waals surface area contributed by atoms with Gasteiger partial charge in [0.2, 0.25) is 0 Å². The minimum absolute atomic E-state index is 0.140. The summed E-state index contributed by atoms with van der Waals surface area (Å²) in [6.07, 6.45) is -4.65. The molecule has 0 unspecified atom stereocenters. The SMILES string of the molecule is O=C(Nc1ccc(N(S)C(=O)NCc2cc(C(F)(F)F)ccc2F)cc1)c1ccccc1F. The average molecular weight is 481 g/mol. The third-order valence-corrected chi connectivity index (χ3v) is 4.90. The third kappa shape index (κ3) is 6.01. The predicted molar refractivity (Wildman–Crippen MR) is 116 cm³/mol. The van der Waals surface area contributed by atoms with Crippen molar-refractivity contribution in [3.05, 3.63) is 95.1 Å². The average Bonchev–Trinajstić information content (AvgIpc) is 2.77. The summed E-state index contributed by atoms with van der Waals surface area (Å²) in [6.45, 7) is -0.498. The van der Waals surface area contributed by atoms with Gasteiger partial charge in [-0.3, -0.25) is 4.79 Å². The quantitative estimate of drug-likeness (QED) is 0.319. The van der Waals surface area contributed by atoms with Crippen molar-refractivity contribution in [2.45, 2.75) is 12.7 Å². The molecule has 2 N–H and O–H groups in total. The van der Waals surface area contributed by atoms with Crippen LogP contribution in [0.3, 0.4) is 0 Å². The number of halogens is 5. The molecule has 11 heteroatoms. The summed E-state index contributed by atoms with van der Waals surface area (Å²) in [6, 6.07) is 12.3. The number of carbonyl (C=O) groups is 2. The molecule has 0 heterocycles. The number of alkyl halides is 3. The summed E-state index contributed by atoms with van der Waals surface area (Å²) in [5, 5.41) is 4.79. The lowest BCUT2D eigenvalue weighted by Gasteiger charge is -2.18. The van der Waals surface area contributed by atoms with E-state index < -0.39 is 41.9 Å². The molecule has 0 aliphatic heterocycles. The Morgan fingerprint density at radius 1 is 0.909 bits per heavy atom. The first-order valence-electron chi connectivity index (χ1n) is 9.34. The third-order valence-electron chi connectivity index (χ3n) is 4.48. The molecule has 3 amide bonds. The highest BCUT2D eigenvalue weighted by Gasteiger charge is 2.31. The second kappa shape index (κ2) is 9.90. The van der Waals surface area contributed by atoms with Crippen molar-refractivity contribution in [3.8, 4) is 0 Å². The Kier molecular flexibility index (Phi) is 7.22. The molecule has 0 bridgehead atoms. The molecule has 0 radical (unpaired) electrons. The number of anilines is 2. The summed E-state index contributed by atoms with van der Waals surface area (Å²) in [5.41, 5.74) is -0.946. The second-order valence-corrected chi connectivity index (χ2v) is 7.16.